The van der Waals surface area contributed by atoms with Gasteiger partial charge < -0.3 is 15.3 Å². The molecule has 0 amide bonds. The highest BCUT2D eigenvalue weighted by Gasteiger charge is 2.21. The first-order valence-electron chi connectivity index (χ1n) is 10.6. The maximum Gasteiger partial charge on any atom is 0.178 e. The van der Waals surface area contributed by atoms with Crippen LogP contribution in [-0.2, 0) is 18.3 Å². The Balaban J connectivity index is 2.12. The van der Waals surface area contributed by atoms with Gasteiger partial charge in [-0.3, -0.25) is 0 Å². The van der Waals surface area contributed by atoms with Gasteiger partial charge in [0.15, 0.2) is 6.29 Å². The van der Waals surface area contributed by atoms with Crippen molar-refractivity contribution in [2.45, 2.75) is 71.7 Å². The van der Waals surface area contributed by atoms with Crippen molar-refractivity contribution in [3.8, 4) is 0 Å². The second-order valence-corrected chi connectivity index (χ2v) is 8.86. The molecule has 0 aliphatic carbocycles. The third-order valence-electron chi connectivity index (χ3n) is 5.78. The molecule has 2 rings (SSSR count). The second kappa shape index (κ2) is 10.2. The SMILES string of the molecule is CCc1cc(C(C)(C)CCc2ccc(C(O)O)cc2)ccc1C=CC(O)C(C)C. The molecule has 0 aliphatic rings. The molecule has 29 heavy (non-hydrogen) atoms. The van der Waals surface area contributed by atoms with E-state index in [1.807, 2.05) is 38.1 Å². The molecule has 0 heterocycles. The van der Waals surface area contributed by atoms with Gasteiger partial charge in [0.2, 0.25) is 0 Å². The summed E-state index contributed by atoms with van der Waals surface area (Å²) >= 11 is 0. The van der Waals surface area contributed by atoms with Crippen molar-refractivity contribution in [2.24, 2.45) is 5.92 Å². The predicted octanol–water partition coefficient (Wildman–Crippen LogP) is 5.17. The fourth-order valence-electron chi connectivity index (χ4n) is 3.38. The topological polar surface area (TPSA) is 60.7 Å². The largest absolute Gasteiger partial charge is 0.389 e. The van der Waals surface area contributed by atoms with Gasteiger partial charge in [-0.1, -0.05) is 89.2 Å². The number of hydrogen-bond donors (Lipinski definition) is 3. The van der Waals surface area contributed by atoms with Crippen molar-refractivity contribution < 1.29 is 15.3 Å². The first kappa shape index (κ1) is 23.3. The molecule has 2 aromatic carbocycles. The Bertz CT molecular complexity index is 801. The Morgan fingerprint density at radius 3 is 2.17 bits per heavy atom. The normalized spacial score (nSPS) is 13.6. The maximum absolute atomic E-state index is 10.0. The first-order valence-corrected chi connectivity index (χ1v) is 10.6. The van der Waals surface area contributed by atoms with E-state index < -0.39 is 12.4 Å². The van der Waals surface area contributed by atoms with Crippen LogP contribution in [0.1, 0.15) is 75.1 Å². The van der Waals surface area contributed by atoms with Crippen LogP contribution in [-0.4, -0.2) is 21.4 Å². The molecule has 158 valence electrons. The van der Waals surface area contributed by atoms with Crippen molar-refractivity contribution in [2.75, 3.05) is 0 Å². The summed E-state index contributed by atoms with van der Waals surface area (Å²) in [6.07, 6.45) is 4.97. The third-order valence-corrected chi connectivity index (χ3v) is 5.78. The van der Waals surface area contributed by atoms with Gasteiger partial charge in [0.05, 0.1) is 6.10 Å². The summed E-state index contributed by atoms with van der Waals surface area (Å²) < 4.78 is 0. The van der Waals surface area contributed by atoms with E-state index in [0.29, 0.717) is 5.56 Å². The Kier molecular flexibility index (Phi) is 8.21. The quantitative estimate of drug-likeness (QED) is 0.512. The number of rotatable bonds is 9. The van der Waals surface area contributed by atoms with Crippen LogP contribution < -0.4 is 0 Å². The Morgan fingerprint density at radius 2 is 1.62 bits per heavy atom. The van der Waals surface area contributed by atoms with Crippen molar-refractivity contribution in [3.05, 3.63) is 76.4 Å². The minimum absolute atomic E-state index is 0.0266. The van der Waals surface area contributed by atoms with Gasteiger partial charge >= 0.3 is 0 Å². The van der Waals surface area contributed by atoms with Gasteiger partial charge in [-0.2, -0.15) is 0 Å². The molecular formula is C26H36O3. The van der Waals surface area contributed by atoms with Gasteiger partial charge in [0.25, 0.3) is 0 Å². The summed E-state index contributed by atoms with van der Waals surface area (Å²) in [4.78, 5) is 0. The van der Waals surface area contributed by atoms with Crippen molar-refractivity contribution in [1.29, 1.82) is 0 Å². The molecule has 0 aromatic heterocycles. The summed E-state index contributed by atoms with van der Waals surface area (Å²) in [7, 11) is 0. The average Bonchev–Trinajstić information content (AvgIpc) is 2.70. The highest BCUT2D eigenvalue weighted by Crippen LogP contribution is 2.31. The number of hydrogen-bond acceptors (Lipinski definition) is 3. The lowest BCUT2D eigenvalue weighted by Crippen LogP contribution is -2.18. The van der Waals surface area contributed by atoms with E-state index in [2.05, 4.69) is 39.0 Å². The van der Waals surface area contributed by atoms with Crippen LogP contribution in [0.15, 0.2) is 48.5 Å². The highest BCUT2D eigenvalue weighted by molar-refractivity contribution is 5.56. The molecule has 0 bridgehead atoms. The molecule has 0 radical (unpaired) electrons. The lowest BCUT2D eigenvalue weighted by atomic mass is 9.78. The summed E-state index contributed by atoms with van der Waals surface area (Å²) in [6.45, 7) is 10.7. The lowest BCUT2D eigenvalue weighted by molar-refractivity contribution is -0.0424. The predicted molar refractivity (Wildman–Crippen MR) is 121 cm³/mol. The fourth-order valence-corrected chi connectivity index (χ4v) is 3.38. The molecule has 3 N–H and O–H groups in total. The summed E-state index contributed by atoms with van der Waals surface area (Å²) in [6, 6.07) is 14.1. The standard InChI is InChI=1S/C26H36O3/c1-6-20-17-23(13-11-21(20)12-14-24(27)18(2)3)26(4,5)16-15-19-7-9-22(10-8-19)25(28)29/h7-14,17-18,24-25,27-29H,6,15-16H2,1-5H3. The van der Waals surface area contributed by atoms with Gasteiger partial charge in [0.1, 0.15) is 0 Å². The van der Waals surface area contributed by atoms with E-state index >= 15 is 0 Å². The fraction of sp³-hybridized carbons (Fsp3) is 0.462. The number of aliphatic hydroxyl groups is 3. The van der Waals surface area contributed by atoms with E-state index in [0.717, 1.165) is 19.3 Å². The van der Waals surface area contributed by atoms with E-state index in [1.165, 1.54) is 22.3 Å². The smallest absolute Gasteiger partial charge is 0.178 e. The molecule has 0 saturated carbocycles. The molecule has 0 aliphatic heterocycles. The highest BCUT2D eigenvalue weighted by atomic mass is 16.5. The Morgan fingerprint density at radius 1 is 0.966 bits per heavy atom. The molecule has 2 aromatic rings. The van der Waals surface area contributed by atoms with Crippen molar-refractivity contribution in [3.63, 3.8) is 0 Å². The van der Waals surface area contributed by atoms with Gasteiger partial charge in [-0.25, -0.2) is 0 Å². The van der Waals surface area contributed by atoms with Crippen LogP contribution >= 0.6 is 0 Å². The minimum Gasteiger partial charge on any atom is -0.389 e. The molecule has 0 spiro atoms. The number of aliphatic hydroxyl groups excluding tert-OH is 2. The molecule has 0 saturated heterocycles. The second-order valence-electron chi connectivity index (χ2n) is 8.86. The summed E-state index contributed by atoms with van der Waals surface area (Å²) in [5.41, 5.74) is 5.53. The molecule has 1 atom stereocenters. The van der Waals surface area contributed by atoms with E-state index in [9.17, 15) is 15.3 Å². The monoisotopic (exact) mass is 396 g/mol. The zero-order valence-electron chi connectivity index (χ0n) is 18.4. The zero-order valence-corrected chi connectivity index (χ0v) is 18.4. The van der Waals surface area contributed by atoms with Crippen LogP contribution in [0.5, 0.6) is 0 Å². The van der Waals surface area contributed by atoms with Gasteiger partial charge in [-0.05, 0) is 52.8 Å². The maximum atomic E-state index is 10.0. The summed E-state index contributed by atoms with van der Waals surface area (Å²) in [5, 5.41) is 28.5. The zero-order chi connectivity index (χ0) is 21.6. The van der Waals surface area contributed by atoms with E-state index in [1.54, 1.807) is 12.1 Å². The van der Waals surface area contributed by atoms with Crippen LogP contribution in [0.2, 0.25) is 0 Å². The van der Waals surface area contributed by atoms with Crippen LogP contribution in [0.4, 0.5) is 0 Å². The van der Waals surface area contributed by atoms with Crippen molar-refractivity contribution in [1.82, 2.24) is 0 Å². The Hall–Kier alpha value is -1.94. The van der Waals surface area contributed by atoms with Gasteiger partial charge in [-0.15, -0.1) is 0 Å². The third kappa shape index (κ3) is 6.53. The van der Waals surface area contributed by atoms with E-state index in [-0.39, 0.29) is 11.3 Å². The molecular weight excluding hydrogens is 360 g/mol. The molecule has 0 fully saturated rings. The molecule has 1 unspecified atom stereocenters. The number of benzene rings is 2. The van der Waals surface area contributed by atoms with Crippen LogP contribution in [0.25, 0.3) is 6.08 Å². The molecule has 3 heteroatoms. The molecule has 3 nitrogen and oxygen atoms in total. The average molecular weight is 397 g/mol. The number of aryl methyl sites for hydroxylation is 2. The lowest BCUT2D eigenvalue weighted by Gasteiger charge is -2.26. The van der Waals surface area contributed by atoms with Crippen LogP contribution in [0, 0.1) is 5.92 Å². The first-order chi connectivity index (χ1) is 13.6. The van der Waals surface area contributed by atoms with Gasteiger partial charge in [0, 0.05) is 5.56 Å². The van der Waals surface area contributed by atoms with Crippen molar-refractivity contribution >= 4 is 6.08 Å². The van der Waals surface area contributed by atoms with Crippen LogP contribution in [0.3, 0.4) is 0 Å². The van der Waals surface area contributed by atoms with E-state index in [4.69, 9.17) is 0 Å². The minimum atomic E-state index is -1.41. The Labute approximate surface area is 175 Å². The summed E-state index contributed by atoms with van der Waals surface area (Å²) in [5.74, 6) is 0.212.